The number of nitrogens with one attached hydrogen (secondary N) is 2. The van der Waals surface area contributed by atoms with Gasteiger partial charge in [-0.3, -0.25) is 4.99 Å². The molecule has 0 radical (unpaired) electrons. The lowest BCUT2D eigenvalue weighted by atomic mass is 10.2. The van der Waals surface area contributed by atoms with E-state index in [-0.39, 0.29) is 24.0 Å². The molecule has 2 aromatic rings. The van der Waals surface area contributed by atoms with Crippen LogP contribution in [0.4, 0.5) is 0 Å². The fourth-order valence-corrected chi connectivity index (χ4v) is 1.93. The number of rotatable bonds is 5. The number of hydrogen-bond donors (Lipinski definition) is 2. The third-order valence-electron chi connectivity index (χ3n) is 2.76. The Labute approximate surface area is 157 Å². The first-order chi connectivity index (χ1) is 10.7. The molecule has 0 bridgehead atoms. The van der Waals surface area contributed by atoms with Crippen LogP contribution in [0, 0.1) is 12.3 Å². The van der Waals surface area contributed by atoms with Gasteiger partial charge in [-0.1, -0.05) is 34.8 Å². The normalized spacial score (nSPS) is 10.6. The molecule has 1 aromatic heterocycles. The van der Waals surface area contributed by atoms with Crippen molar-refractivity contribution >= 4 is 41.5 Å². The molecule has 0 unspecified atom stereocenters. The fourth-order valence-electron chi connectivity index (χ4n) is 1.74. The summed E-state index contributed by atoms with van der Waals surface area (Å²) in [5.41, 5.74) is 0.821. The van der Waals surface area contributed by atoms with Crippen LogP contribution in [0.2, 0.25) is 5.02 Å². The van der Waals surface area contributed by atoms with Gasteiger partial charge in [0.2, 0.25) is 11.7 Å². The molecular formula is C15H17ClIN5O. The van der Waals surface area contributed by atoms with E-state index in [0.29, 0.717) is 42.2 Å². The second-order valence-electron chi connectivity index (χ2n) is 4.33. The molecule has 122 valence electrons. The van der Waals surface area contributed by atoms with Crippen molar-refractivity contribution < 1.29 is 4.52 Å². The number of hydrogen-bond acceptors (Lipinski definition) is 4. The summed E-state index contributed by atoms with van der Waals surface area (Å²) in [6.45, 7) is 1.01. The van der Waals surface area contributed by atoms with E-state index in [1.807, 2.05) is 12.1 Å². The molecule has 0 saturated carbocycles. The summed E-state index contributed by atoms with van der Waals surface area (Å²) in [7, 11) is 1.68. The van der Waals surface area contributed by atoms with Crippen molar-refractivity contribution in [2.45, 2.75) is 6.42 Å². The predicted molar refractivity (Wildman–Crippen MR) is 102 cm³/mol. The van der Waals surface area contributed by atoms with Gasteiger partial charge in [-0.25, -0.2) is 0 Å². The van der Waals surface area contributed by atoms with Gasteiger partial charge in [-0.05, 0) is 12.1 Å². The number of aromatic nitrogens is 2. The molecule has 0 aliphatic heterocycles. The van der Waals surface area contributed by atoms with E-state index in [2.05, 4.69) is 31.7 Å². The van der Waals surface area contributed by atoms with Crippen molar-refractivity contribution in [3.05, 3.63) is 35.2 Å². The van der Waals surface area contributed by atoms with Crippen molar-refractivity contribution in [1.29, 1.82) is 0 Å². The number of terminal acetylenes is 1. The van der Waals surface area contributed by atoms with Gasteiger partial charge in [-0.2, -0.15) is 4.98 Å². The van der Waals surface area contributed by atoms with Crippen LogP contribution in [0.15, 0.2) is 33.8 Å². The summed E-state index contributed by atoms with van der Waals surface area (Å²) in [4.78, 5) is 8.37. The van der Waals surface area contributed by atoms with E-state index in [1.54, 1.807) is 19.2 Å². The van der Waals surface area contributed by atoms with E-state index in [0.717, 1.165) is 5.56 Å². The zero-order valence-corrected chi connectivity index (χ0v) is 15.6. The van der Waals surface area contributed by atoms with Gasteiger partial charge in [0.25, 0.3) is 0 Å². The summed E-state index contributed by atoms with van der Waals surface area (Å²) >= 11 is 5.95. The Morgan fingerprint density at radius 2 is 2.26 bits per heavy atom. The van der Waals surface area contributed by atoms with Crippen molar-refractivity contribution in [3.8, 4) is 23.7 Å². The first-order valence-corrected chi connectivity index (χ1v) is 7.07. The monoisotopic (exact) mass is 445 g/mol. The molecular weight excluding hydrogens is 429 g/mol. The summed E-state index contributed by atoms with van der Waals surface area (Å²) in [5, 5.41) is 10.7. The summed E-state index contributed by atoms with van der Waals surface area (Å²) in [5.74, 6) is 4.17. The third-order valence-corrected chi connectivity index (χ3v) is 3.00. The number of guanidine groups is 1. The van der Waals surface area contributed by atoms with Crippen molar-refractivity contribution in [1.82, 2.24) is 20.8 Å². The lowest BCUT2D eigenvalue weighted by Crippen LogP contribution is -2.38. The maximum absolute atomic E-state index is 5.95. The smallest absolute Gasteiger partial charge is 0.228 e. The number of aliphatic imine (C=N–C) groups is 1. The minimum absolute atomic E-state index is 0. The molecule has 0 aliphatic rings. The van der Waals surface area contributed by atoms with Gasteiger partial charge in [0.1, 0.15) is 0 Å². The number of nitrogens with zero attached hydrogens (tertiary/aromatic N) is 3. The molecule has 8 heteroatoms. The second-order valence-corrected chi connectivity index (χ2v) is 4.77. The topological polar surface area (TPSA) is 75.3 Å². The molecule has 6 nitrogen and oxygen atoms in total. The van der Waals surface area contributed by atoms with Crippen molar-refractivity contribution in [3.63, 3.8) is 0 Å². The summed E-state index contributed by atoms with van der Waals surface area (Å²) in [6.07, 6.45) is 5.76. The van der Waals surface area contributed by atoms with Gasteiger partial charge in [0.15, 0.2) is 5.96 Å². The van der Waals surface area contributed by atoms with Crippen molar-refractivity contribution in [2.75, 3.05) is 20.1 Å². The molecule has 0 atom stereocenters. The predicted octanol–water partition coefficient (Wildman–Crippen LogP) is 2.35. The van der Waals surface area contributed by atoms with E-state index >= 15 is 0 Å². The molecule has 0 fully saturated rings. The Morgan fingerprint density at radius 1 is 1.43 bits per heavy atom. The average Bonchev–Trinajstić information content (AvgIpc) is 2.99. The van der Waals surface area contributed by atoms with E-state index in [1.165, 1.54) is 0 Å². The molecule has 0 aliphatic carbocycles. The highest BCUT2D eigenvalue weighted by Gasteiger charge is 2.09. The lowest BCUT2D eigenvalue weighted by molar-refractivity contribution is 0.378. The highest BCUT2D eigenvalue weighted by Crippen LogP contribution is 2.19. The summed E-state index contributed by atoms with van der Waals surface area (Å²) in [6, 6.07) is 7.31. The Morgan fingerprint density at radius 3 is 2.96 bits per heavy atom. The zero-order valence-electron chi connectivity index (χ0n) is 12.5. The van der Waals surface area contributed by atoms with Crippen molar-refractivity contribution in [2.24, 2.45) is 4.99 Å². The molecule has 0 saturated heterocycles. The Balaban J connectivity index is 0.00000264. The van der Waals surface area contributed by atoms with Gasteiger partial charge in [0, 0.05) is 30.6 Å². The van der Waals surface area contributed by atoms with Gasteiger partial charge < -0.3 is 15.2 Å². The lowest BCUT2D eigenvalue weighted by Gasteiger charge is -2.08. The second kappa shape index (κ2) is 10.1. The van der Waals surface area contributed by atoms with E-state index < -0.39 is 0 Å². The maximum Gasteiger partial charge on any atom is 0.228 e. The summed E-state index contributed by atoms with van der Waals surface area (Å²) < 4.78 is 5.22. The number of benzene rings is 1. The number of halogens is 2. The fraction of sp³-hybridized carbons (Fsp3) is 0.267. The van der Waals surface area contributed by atoms with Crippen LogP contribution >= 0.6 is 35.6 Å². The Bertz CT molecular complexity index is 695. The van der Waals surface area contributed by atoms with E-state index in [9.17, 15) is 0 Å². The first-order valence-electron chi connectivity index (χ1n) is 6.69. The largest absolute Gasteiger partial charge is 0.356 e. The first kappa shape index (κ1) is 19.3. The zero-order chi connectivity index (χ0) is 15.8. The SMILES string of the molecule is C#CCNC(=NC)NCCc1nc(-c2cccc(Cl)c2)no1.I. The van der Waals surface area contributed by atoms with Crippen LogP contribution in [-0.4, -0.2) is 36.2 Å². The average molecular weight is 446 g/mol. The quantitative estimate of drug-likeness (QED) is 0.320. The standard InChI is InChI=1S/C15H16ClN5O.HI/c1-3-8-18-15(17-2)19-9-7-13-20-14(21-22-13)11-5-4-6-12(16)10-11;/h1,4-6,10H,7-9H2,2H3,(H2,17,18,19);1H. The maximum atomic E-state index is 5.95. The molecule has 1 aromatic carbocycles. The molecule has 0 spiro atoms. The van der Waals surface area contributed by atoms with Gasteiger partial charge in [0.05, 0.1) is 6.54 Å². The third kappa shape index (κ3) is 6.08. The van der Waals surface area contributed by atoms with Crippen LogP contribution in [0.3, 0.4) is 0 Å². The van der Waals surface area contributed by atoms with Crippen LogP contribution in [0.5, 0.6) is 0 Å². The van der Waals surface area contributed by atoms with Crippen LogP contribution in [0.1, 0.15) is 5.89 Å². The van der Waals surface area contributed by atoms with Gasteiger partial charge in [-0.15, -0.1) is 30.4 Å². The Kier molecular flexibility index (Phi) is 8.43. The van der Waals surface area contributed by atoms with Gasteiger partial charge >= 0.3 is 0 Å². The van der Waals surface area contributed by atoms with Crippen LogP contribution in [-0.2, 0) is 6.42 Å². The Hall–Kier alpha value is -1.79. The van der Waals surface area contributed by atoms with Crippen LogP contribution < -0.4 is 10.6 Å². The molecule has 2 N–H and O–H groups in total. The molecule has 1 heterocycles. The molecule has 23 heavy (non-hydrogen) atoms. The highest BCUT2D eigenvalue weighted by molar-refractivity contribution is 14.0. The molecule has 2 rings (SSSR count). The minimum atomic E-state index is 0. The van der Waals surface area contributed by atoms with Crippen LogP contribution in [0.25, 0.3) is 11.4 Å². The highest BCUT2D eigenvalue weighted by atomic mass is 127. The molecule has 0 amide bonds. The van der Waals surface area contributed by atoms with E-state index in [4.69, 9.17) is 22.5 Å². The minimum Gasteiger partial charge on any atom is -0.356 e.